The number of rotatable bonds is 5. The van der Waals surface area contributed by atoms with Crippen molar-refractivity contribution in [2.75, 3.05) is 4.90 Å². The van der Waals surface area contributed by atoms with Gasteiger partial charge in [0.25, 0.3) is 0 Å². The Morgan fingerprint density at radius 1 is 0.301 bits per heavy atom. The van der Waals surface area contributed by atoms with Crippen molar-refractivity contribution in [2.45, 2.75) is 24.7 Å². The van der Waals surface area contributed by atoms with Crippen LogP contribution < -0.4 is 4.90 Å². The van der Waals surface area contributed by atoms with Gasteiger partial charge in [0.1, 0.15) is 0 Å². The van der Waals surface area contributed by atoms with Crippen LogP contribution >= 0.6 is 0 Å². The monoisotopic (exact) mass is 929 g/mol. The predicted molar refractivity (Wildman–Crippen MR) is 304 cm³/mol. The Bertz CT molecular complexity index is 4390. The number of nitrogens with zero attached hydrogens (tertiary/aromatic N) is 3. The second-order valence-electron chi connectivity index (χ2n) is 20.7. The fourth-order valence-electron chi connectivity index (χ4n) is 13.9. The average Bonchev–Trinajstić information content (AvgIpc) is 4.20. The number of fused-ring (bicyclic) bond motifs is 21. The van der Waals surface area contributed by atoms with Gasteiger partial charge in [-0.3, -0.25) is 0 Å². The van der Waals surface area contributed by atoms with E-state index < -0.39 is 5.41 Å². The zero-order valence-corrected chi connectivity index (χ0v) is 40.5. The SMILES string of the molecule is CC1(C)c2ccccc2-c2cc3c4ccc5c(c4n(-c4ccccc4)c3cc21)C1(c2ccccc2-c2ccc3c4cc(N(c6ccccc6)c6ccccc6)ccc4n(-c4ccccc4)c3c21)c1ccccc1-5. The Labute approximate surface area is 424 Å². The fourth-order valence-corrected chi connectivity index (χ4v) is 13.9. The van der Waals surface area contributed by atoms with Crippen molar-refractivity contribution in [3.05, 3.63) is 282 Å². The van der Waals surface area contributed by atoms with E-state index in [0.29, 0.717) is 0 Å². The van der Waals surface area contributed by atoms with Gasteiger partial charge in [0.2, 0.25) is 0 Å². The molecule has 11 aromatic carbocycles. The highest BCUT2D eigenvalue weighted by molar-refractivity contribution is 6.19. The first-order valence-electron chi connectivity index (χ1n) is 25.6. The molecule has 1 atom stereocenters. The lowest BCUT2D eigenvalue weighted by molar-refractivity contribution is 0.661. The molecular formula is C70H47N3. The molecule has 0 N–H and O–H groups in total. The molecule has 3 aliphatic rings. The van der Waals surface area contributed by atoms with Crippen LogP contribution in [-0.4, -0.2) is 9.13 Å². The minimum absolute atomic E-state index is 0.156. The van der Waals surface area contributed by atoms with Gasteiger partial charge >= 0.3 is 0 Å². The number of para-hydroxylation sites is 4. The molecule has 342 valence electrons. The van der Waals surface area contributed by atoms with Gasteiger partial charge < -0.3 is 14.0 Å². The molecular weight excluding hydrogens is 883 g/mol. The summed E-state index contributed by atoms with van der Waals surface area (Å²) >= 11 is 0. The highest BCUT2D eigenvalue weighted by Crippen LogP contribution is 2.66. The summed E-state index contributed by atoms with van der Waals surface area (Å²) in [4.78, 5) is 2.38. The topological polar surface area (TPSA) is 13.1 Å². The van der Waals surface area contributed by atoms with Crippen molar-refractivity contribution in [1.29, 1.82) is 0 Å². The van der Waals surface area contributed by atoms with E-state index >= 15 is 0 Å². The maximum absolute atomic E-state index is 2.62. The first-order valence-corrected chi connectivity index (χ1v) is 25.6. The maximum Gasteiger partial charge on any atom is 0.0767 e. The second-order valence-corrected chi connectivity index (χ2v) is 20.7. The van der Waals surface area contributed by atoms with Crippen LogP contribution in [0.25, 0.3) is 88.4 Å². The molecule has 3 heteroatoms. The van der Waals surface area contributed by atoms with Crippen LogP contribution in [0, 0.1) is 0 Å². The van der Waals surface area contributed by atoms with Gasteiger partial charge in [0.05, 0.1) is 27.5 Å². The van der Waals surface area contributed by atoms with E-state index in [1.165, 1.54) is 110 Å². The van der Waals surface area contributed by atoms with E-state index in [1.807, 2.05) is 0 Å². The molecule has 1 spiro atoms. The van der Waals surface area contributed by atoms with E-state index in [2.05, 4.69) is 277 Å². The lowest BCUT2D eigenvalue weighted by atomic mass is 9.69. The maximum atomic E-state index is 2.62. The summed E-state index contributed by atoms with van der Waals surface area (Å²) in [7, 11) is 0. The van der Waals surface area contributed by atoms with Crippen LogP contribution in [0.4, 0.5) is 17.1 Å². The van der Waals surface area contributed by atoms with E-state index in [9.17, 15) is 0 Å². The average molecular weight is 930 g/mol. The Hall–Kier alpha value is -9.18. The highest BCUT2D eigenvalue weighted by Gasteiger charge is 2.55. The molecule has 1 unspecified atom stereocenters. The summed E-state index contributed by atoms with van der Waals surface area (Å²) in [6, 6.07) is 93.2. The van der Waals surface area contributed by atoms with Gasteiger partial charge in [-0.05, 0) is 134 Å². The first kappa shape index (κ1) is 40.5. The van der Waals surface area contributed by atoms with Crippen LogP contribution in [0.2, 0.25) is 0 Å². The van der Waals surface area contributed by atoms with Crippen LogP contribution in [0.1, 0.15) is 47.2 Å². The molecule has 0 radical (unpaired) electrons. The van der Waals surface area contributed by atoms with Gasteiger partial charge in [-0.1, -0.05) is 184 Å². The number of aromatic nitrogens is 2. The smallest absolute Gasteiger partial charge is 0.0767 e. The number of benzene rings is 11. The molecule has 13 aromatic rings. The minimum Gasteiger partial charge on any atom is -0.310 e. The fraction of sp³-hybridized carbons (Fsp3) is 0.0571. The number of hydrogen-bond acceptors (Lipinski definition) is 1. The quantitative estimate of drug-likeness (QED) is 0.168. The summed E-state index contributed by atoms with van der Waals surface area (Å²) in [5, 5.41) is 4.98. The molecule has 0 aliphatic heterocycles. The Morgan fingerprint density at radius 2 is 0.740 bits per heavy atom. The first-order chi connectivity index (χ1) is 36.0. The van der Waals surface area contributed by atoms with Crippen molar-refractivity contribution >= 4 is 60.7 Å². The van der Waals surface area contributed by atoms with E-state index in [0.717, 1.165) is 28.4 Å². The molecule has 3 nitrogen and oxygen atoms in total. The van der Waals surface area contributed by atoms with Crippen LogP contribution in [0.3, 0.4) is 0 Å². The number of anilines is 3. The van der Waals surface area contributed by atoms with Crippen molar-refractivity contribution in [1.82, 2.24) is 9.13 Å². The van der Waals surface area contributed by atoms with Crippen molar-refractivity contribution in [3.8, 4) is 44.8 Å². The summed E-state index contributed by atoms with van der Waals surface area (Å²) in [6.45, 7) is 4.80. The molecule has 3 aliphatic carbocycles. The number of hydrogen-bond donors (Lipinski definition) is 0. The lowest BCUT2D eigenvalue weighted by Gasteiger charge is -2.32. The minimum atomic E-state index is -0.698. The molecule has 0 amide bonds. The van der Waals surface area contributed by atoms with Gasteiger partial charge in [0, 0.05) is 66.5 Å². The molecule has 2 heterocycles. The summed E-state index contributed by atoms with van der Waals surface area (Å²) in [5.41, 5.74) is 25.6. The van der Waals surface area contributed by atoms with Gasteiger partial charge in [0.15, 0.2) is 0 Å². The molecule has 73 heavy (non-hydrogen) atoms. The van der Waals surface area contributed by atoms with Crippen molar-refractivity contribution in [3.63, 3.8) is 0 Å². The van der Waals surface area contributed by atoms with Crippen molar-refractivity contribution in [2.24, 2.45) is 0 Å². The van der Waals surface area contributed by atoms with Crippen molar-refractivity contribution < 1.29 is 0 Å². The lowest BCUT2D eigenvalue weighted by Crippen LogP contribution is -2.27. The molecule has 0 saturated carbocycles. The Balaban J connectivity index is 1.08. The molecule has 0 bridgehead atoms. The third kappa shape index (κ3) is 5.23. The van der Waals surface area contributed by atoms with E-state index in [1.54, 1.807) is 0 Å². The van der Waals surface area contributed by atoms with Gasteiger partial charge in [-0.2, -0.15) is 0 Å². The summed E-state index contributed by atoms with van der Waals surface area (Å²) in [6.07, 6.45) is 0. The zero-order valence-electron chi connectivity index (χ0n) is 40.5. The van der Waals surface area contributed by atoms with Crippen LogP contribution in [0.5, 0.6) is 0 Å². The largest absolute Gasteiger partial charge is 0.310 e. The van der Waals surface area contributed by atoms with E-state index in [-0.39, 0.29) is 5.41 Å². The highest BCUT2D eigenvalue weighted by atomic mass is 15.1. The third-order valence-electron chi connectivity index (χ3n) is 16.9. The van der Waals surface area contributed by atoms with Crippen LogP contribution in [0.15, 0.2) is 249 Å². The summed E-state index contributed by atoms with van der Waals surface area (Å²) in [5.74, 6) is 0. The Kier molecular flexibility index (Phi) is 8.16. The molecule has 16 rings (SSSR count). The third-order valence-corrected chi connectivity index (χ3v) is 16.9. The predicted octanol–water partition coefficient (Wildman–Crippen LogP) is 18.0. The molecule has 0 saturated heterocycles. The summed E-state index contributed by atoms with van der Waals surface area (Å²) < 4.78 is 5.20. The standard InChI is InChI=1S/C70H47N3/c1-69(2)59-32-18-15-31-51(59)56-42-58-55-39-37-53-50-30-17-20-34-61(50)70(66(53)68(55)73(64(58)43-62(56)69)47-27-13-6-14-28-47)60-33-19-16-29-49(60)52-36-38-54-57-41-48(71(44-21-7-3-8-22-44)45-23-9-4-10-24-45)35-40-63(57)72(67(54)65(52)70)46-25-11-5-12-26-46/h3-43H,1-2H3. The molecule has 0 fully saturated rings. The zero-order chi connectivity index (χ0) is 48.2. The van der Waals surface area contributed by atoms with E-state index in [4.69, 9.17) is 0 Å². The Morgan fingerprint density at radius 3 is 1.27 bits per heavy atom. The van der Waals surface area contributed by atoms with Gasteiger partial charge in [-0.25, -0.2) is 0 Å². The van der Waals surface area contributed by atoms with Gasteiger partial charge in [-0.15, -0.1) is 0 Å². The second kappa shape index (κ2) is 14.7. The normalized spacial score (nSPS) is 15.4. The molecule has 2 aromatic heterocycles. The van der Waals surface area contributed by atoms with Crippen LogP contribution in [-0.2, 0) is 10.8 Å².